The van der Waals surface area contributed by atoms with Crippen molar-refractivity contribution in [2.24, 2.45) is 17.4 Å². The second-order valence-corrected chi connectivity index (χ2v) is 5.97. The van der Waals surface area contributed by atoms with Crippen LogP contribution in [0.15, 0.2) is 17.5 Å². The van der Waals surface area contributed by atoms with E-state index in [-0.39, 0.29) is 17.9 Å². The molecule has 1 fully saturated rings. The summed E-state index contributed by atoms with van der Waals surface area (Å²) >= 11 is 1.72. The summed E-state index contributed by atoms with van der Waals surface area (Å²) in [6, 6.07) is 4.82. The monoisotopic (exact) mass is 267 g/mol. The van der Waals surface area contributed by atoms with E-state index in [1.165, 1.54) is 4.88 Å². The predicted molar refractivity (Wildman–Crippen MR) is 74.2 cm³/mol. The Bertz CT molecular complexity index is 393. The lowest BCUT2D eigenvalue weighted by atomic mass is 9.91. The Kier molecular flexibility index (Phi) is 4.37. The van der Waals surface area contributed by atoms with Crippen LogP contribution in [0.4, 0.5) is 0 Å². The Balaban J connectivity index is 2.15. The first-order chi connectivity index (χ1) is 8.63. The van der Waals surface area contributed by atoms with Crippen LogP contribution < -0.4 is 11.5 Å². The van der Waals surface area contributed by atoms with Crippen molar-refractivity contribution in [3.8, 4) is 0 Å². The molecular weight excluding hydrogens is 246 g/mol. The van der Waals surface area contributed by atoms with Crippen molar-refractivity contribution in [1.82, 2.24) is 4.90 Å². The number of rotatable bonds is 4. The molecule has 5 heteroatoms. The summed E-state index contributed by atoms with van der Waals surface area (Å²) in [5.41, 5.74) is 11.4. The number of primary amides is 1. The largest absolute Gasteiger partial charge is 0.369 e. The van der Waals surface area contributed by atoms with Gasteiger partial charge in [-0.25, -0.2) is 0 Å². The highest BCUT2D eigenvalue weighted by Crippen LogP contribution is 2.32. The zero-order valence-electron chi connectivity index (χ0n) is 10.7. The first-order valence-electron chi connectivity index (χ1n) is 6.42. The van der Waals surface area contributed by atoms with Gasteiger partial charge < -0.3 is 11.5 Å². The highest BCUT2D eigenvalue weighted by atomic mass is 32.1. The van der Waals surface area contributed by atoms with Crippen molar-refractivity contribution < 1.29 is 4.79 Å². The molecule has 100 valence electrons. The topological polar surface area (TPSA) is 72.4 Å². The van der Waals surface area contributed by atoms with E-state index in [0.29, 0.717) is 12.6 Å². The van der Waals surface area contributed by atoms with Crippen LogP contribution >= 0.6 is 11.3 Å². The maximum atomic E-state index is 11.4. The Morgan fingerprint density at radius 3 is 2.94 bits per heavy atom. The second-order valence-electron chi connectivity index (χ2n) is 4.99. The minimum Gasteiger partial charge on any atom is -0.369 e. The minimum atomic E-state index is -0.186. The zero-order valence-corrected chi connectivity index (χ0v) is 11.5. The molecule has 4 nitrogen and oxygen atoms in total. The molecule has 0 aromatic carbocycles. The number of thiophene rings is 1. The van der Waals surface area contributed by atoms with Crippen LogP contribution in [0.2, 0.25) is 0 Å². The maximum absolute atomic E-state index is 11.4. The lowest BCUT2D eigenvalue weighted by molar-refractivity contribution is -0.124. The van der Waals surface area contributed by atoms with Crippen LogP contribution in [0.25, 0.3) is 0 Å². The minimum absolute atomic E-state index is 0.0322. The van der Waals surface area contributed by atoms with Crippen LogP contribution in [0.5, 0.6) is 0 Å². The van der Waals surface area contributed by atoms with Crippen molar-refractivity contribution in [2.45, 2.75) is 31.8 Å². The van der Waals surface area contributed by atoms with E-state index in [2.05, 4.69) is 23.3 Å². The van der Waals surface area contributed by atoms with Gasteiger partial charge in [0.1, 0.15) is 0 Å². The summed E-state index contributed by atoms with van der Waals surface area (Å²) in [6.07, 6.45) is 1.91. The Hall–Kier alpha value is -0.910. The third-order valence-corrected chi connectivity index (χ3v) is 4.80. The normalized spacial score (nSPS) is 27.0. The van der Waals surface area contributed by atoms with Crippen LogP contribution in [-0.2, 0) is 4.79 Å². The van der Waals surface area contributed by atoms with Gasteiger partial charge in [-0.15, -0.1) is 11.3 Å². The first-order valence-corrected chi connectivity index (χ1v) is 7.30. The van der Waals surface area contributed by atoms with Gasteiger partial charge in [-0.2, -0.15) is 0 Å². The molecule has 2 heterocycles. The Labute approximate surface area is 112 Å². The number of likely N-dealkylation sites (tertiary alicyclic amines) is 1. The molecular formula is C13H21N3OS. The number of nitrogens with zero attached hydrogens (tertiary/aromatic N) is 1. The van der Waals surface area contributed by atoms with E-state index in [1.54, 1.807) is 11.3 Å². The molecule has 4 N–H and O–H groups in total. The van der Waals surface area contributed by atoms with E-state index in [0.717, 1.165) is 19.4 Å². The molecule has 0 bridgehead atoms. The fraction of sp³-hybridized carbons (Fsp3) is 0.615. The van der Waals surface area contributed by atoms with E-state index >= 15 is 0 Å². The smallest absolute Gasteiger partial charge is 0.221 e. The first kappa shape index (κ1) is 13.5. The van der Waals surface area contributed by atoms with E-state index in [1.807, 2.05) is 6.07 Å². The highest BCUT2D eigenvalue weighted by molar-refractivity contribution is 7.10. The second kappa shape index (κ2) is 5.82. The lowest BCUT2D eigenvalue weighted by Crippen LogP contribution is -2.48. The molecule has 1 aromatic rings. The standard InChI is InChI=1S/C13H21N3OS/c1-9-4-5-10(13(15)17)8-16(9)11(7-14)12-3-2-6-18-12/h2-3,6,9-11H,4-5,7-8,14H2,1H3,(H2,15,17). The molecule has 0 saturated carbocycles. The molecule has 3 unspecified atom stereocenters. The van der Waals surface area contributed by atoms with Gasteiger partial charge in [-0.05, 0) is 31.2 Å². The third kappa shape index (κ3) is 2.74. The maximum Gasteiger partial charge on any atom is 0.221 e. The van der Waals surface area contributed by atoms with Crippen LogP contribution in [0, 0.1) is 5.92 Å². The van der Waals surface area contributed by atoms with Gasteiger partial charge in [0.15, 0.2) is 0 Å². The Morgan fingerprint density at radius 1 is 1.61 bits per heavy atom. The molecule has 0 spiro atoms. The van der Waals surface area contributed by atoms with Crippen LogP contribution in [-0.4, -0.2) is 29.9 Å². The average molecular weight is 267 g/mol. The van der Waals surface area contributed by atoms with Crippen molar-refractivity contribution in [1.29, 1.82) is 0 Å². The number of hydrogen-bond donors (Lipinski definition) is 2. The summed E-state index contributed by atoms with van der Waals surface area (Å²) in [4.78, 5) is 15.0. The fourth-order valence-corrected chi connectivity index (χ4v) is 3.56. The summed E-state index contributed by atoms with van der Waals surface area (Å²) in [7, 11) is 0. The van der Waals surface area contributed by atoms with Crippen LogP contribution in [0.3, 0.4) is 0 Å². The Morgan fingerprint density at radius 2 is 2.39 bits per heavy atom. The molecule has 2 rings (SSSR count). The van der Waals surface area contributed by atoms with Gasteiger partial charge in [0, 0.05) is 24.0 Å². The zero-order chi connectivity index (χ0) is 13.1. The molecule has 18 heavy (non-hydrogen) atoms. The molecule has 3 atom stereocenters. The summed E-state index contributed by atoms with van der Waals surface area (Å²) in [5.74, 6) is -0.218. The van der Waals surface area contributed by atoms with Crippen molar-refractivity contribution in [2.75, 3.05) is 13.1 Å². The fourth-order valence-electron chi connectivity index (χ4n) is 2.70. The number of piperidine rings is 1. The predicted octanol–water partition coefficient (Wildman–Crippen LogP) is 1.33. The van der Waals surface area contributed by atoms with Gasteiger partial charge in [-0.3, -0.25) is 9.69 Å². The van der Waals surface area contributed by atoms with Crippen molar-refractivity contribution in [3.05, 3.63) is 22.4 Å². The van der Waals surface area contributed by atoms with Gasteiger partial charge in [0.2, 0.25) is 5.91 Å². The van der Waals surface area contributed by atoms with E-state index < -0.39 is 0 Å². The van der Waals surface area contributed by atoms with Gasteiger partial charge >= 0.3 is 0 Å². The van der Waals surface area contributed by atoms with E-state index in [4.69, 9.17) is 11.5 Å². The number of hydrogen-bond acceptors (Lipinski definition) is 4. The molecule has 1 aliphatic rings. The number of carbonyl (C=O) groups excluding carboxylic acids is 1. The van der Waals surface area contributed by atoms with Crippen molar-refractivity contribution in [3.63, 3.8) is 0 Å². The van der Waals surface area contributed by atoms with Gasteiger partial charge in [0.05, 0.1) is 12.0 Å². The van der Waals surface area contributed by atoms with Gasteiger partial charge in [0.25, 0.3) is 0 Å². The molecule has 1 saturated heterocycles. The molecule has 1 aliphatic heterocycles. The van der Waals surface area contributed by atoms with Crippen molar-refractivity contribution >= 4 is 17.2 Å². The van der Waals surface area contributed by atoms with Crippen LogP contribution in [0.1, 0.15) is 30.7 Å². The van der Waals surface area contributed by atoms with E-state index in [9.17, 15) is 4.79 Å². The number of nitrogens with two attached hydrogens (primary N) is 2. The lowest BCUT2D eigenvalue weighted by Gasteiger charge is -2.41. The SMILES string of the molecule is CC1CCC(C(N)=O)CN1C(CN)c1cccs1. The highest BCUT2D eigenvalue weighted by Gasteiger charge is 2.33. The third-order valence-electron chi connectivity index (χ3n) is 3.83. The van der Waals surface area contributed by atoms with Gasteiger partial charge in [-0.1, -0.05) is 6.07 Å². The quantitative estimate of drug-likeness (QED) is 0.864. The summed E-state index contributed by atoms with van der Waals surface area (Å²) in [6.45, 7) is 3.51. The number of amides is 1. The average Bonchev–Trinajstić information content (AvgIpc) is 2.86. The molecule has 1 aromatic heterocycles. The molecule has 0 aliphatic carbocycles. The summed E-state index contributed by atoms with van der Waals surface area (Å²) < 4.78 is 0. The summed E-state index contributed by atoms with van der Waals surface area (Å²) in [5, 5.41) is 2.07. The molecule has 0 radical (unpaired) electrons. The number of carbonyl (C=O) groups is 1. The molecule has 1 amide bonds.